The number of non-ortho nitro benzene ring substituents is 1. The number of nitrogens with one attached hydrogen (secondary N) is 1. The zero-order valence-corrected chi connectivity index (χ0v) is 15.3. The molecule has 1 aliphatic rings. The molecule has 1 unspecified atom stereocenters. The minimum absolute atomic E-state index is 0.0465. The minimum Gasteiger partial charge on any atom is -0.485 e. The topological polar surface area (TPSA) is 104 Å². The van der Waals surface area contributed by atoms with Gasteiger partial charge in [0, 0.05) is 29.6 Å². The quantitative estimate of drug-likeness (QED) is 0.523. The SMILES string of the molecule is O=C(Nc1ncc(Cc2cccc([N+](=O)[O-])c2)s1)C1COc2ccccc2O1. The largest absolute Gasteiger partial charge is 0.485 e. The molecule has 28 heavy (non-hydrogen) atoms. The van der Waals surface area contributed by atoms with Crippen LogP contribution in [0.2, 0.25) is 0 Å². The van der Waals surface area contributed by atoms with Crippen LogP contribution in [0, 0.1) is 10.1 Å². The number of anilines is 1. The lowest BCUT2D eigenvalue weighted by atomic mass is 10.1. The van der Waals surface area contributed by atoms with Gasteiger partial charge in [-0.25, -0.2) is 4.98 Å². The fourth-order valence-electron chi connectivity index (χ4n) is 2.76. The number of hydrogen-bond acceptors (Lipinski definition) is 7. The standard InChI is InChI=1S/C19H15N3O5S/c23-18(17-11-26-15-6-1-2-7-16(15)27-17)21-19-20-10-14(28-19)9-12-4-3-5-13(8-12)22(24)25/h1-8,10,17H,9,11H2,(H,20,21,23). The van der Waals surface area contributed by atoms with E-state index >= 15 is 0 Å². The maximum Gasteiger partial charge on any atom is 0.270 e. The number of rotatable bonds is 5. The third-order valence-electron chi connectivity index (χ3n) is 4.08. The van der Waals surface area contributed by atoms with Gasteiger partial charge in [0.25, 0.3) is 11.6 Å². The van der Waals surface area contributed by atoms with Crippen molar-refractivity contribution in [2.75, 3.05) is 11.9 Å². The number of nitro benzene ring substituents is 1. The van der Waals surface area contributed by atoms with Gasteiger partial charge in [0.2, 0.25) is 6.10 Å². The van der Waals surface area contributed by atoms with Crippen molar-refractivity contribution < 1.29 is 19.2 Å². The van der Waals surface area contributed by atoms with E-state index in [4.69, 9.17) is 9.47 Å². The second-order valence-corrected chi connectivity index (χ2v) is 7.20. The summed E-state index contributed by atoms with van der Waals surface area (Å²) in [4.78, 5) is 28.0. The first-order valence-electron chi connectivity index (χ1n) is 8.46. The summed E-state index contributed by atoms with van der Waals surface area (Å²) in [5.74, 6) is 0.796. The Morgan fingerprint density at radius 3 is 2.89 bits per heavy atom. The molecule has 142 valence electrons. The average Bonchev–Trinajstić information content (AvgIpc) is 3.14. The number of carbonyl (C=O) groups excluding carboxylic acids is 1. The number of thiazole rings is 1. The van der Waals surface area contributed by atoms with Crippen molar-refractivity contribution in [3.8, 4) is 11.5 Å². The molecule has 1 aromatic heterocycles. The Morgan fingerprint density at radius 2 is 2.07 bits per heavy atom. The molecular weight excluding hydrogens is 382 g/mol. The van der Waals surface area contributed by atoms with Crippen molar-refractivity contribution in [3.63, 3.8) is 0 Å². The van der Waals surface area contributed by atoms with Crippen LogP contribution in [0.3, 0.4) is 0 Å². The van der Waals surface area contributed by atoms with Gasteiger partial charge >= 0.3 is 0 Å². The Balaban J connectivity index is 1.39. The van der Waals surface area contributed by atoms with Gasteiger partial charge in [-0.2, -0.15) is 0 Å². The van der Waals surface area contributed by atoms with E-state index in [1.807, 2.05) is 18.2 Å². The number of nitro groups is 1. The van der Waals surface area contributed by atoms with E-state index in [9.17, 15) is 14.9 Å². The van der Waals surface area contributed by atoms with E-state index in [1.54, 1.807) is 24.4 Å². The molecule has 1 amide bonds. The van der Waals surface area contributed by atoms with E-state index in [-0.39, 0.29) is 18.2 Å². The van der Waals surface area contributed by atoms with Crippen molar-refractivity contribution in [1.29, 1.82) is 0 Å². The van der Waals surface area contributed by atoms with Crippen LogP contribution in [0.5, 0.6) is 11.5 Å². The predicted molar refractivity (Wildman–Crippen MR) is 103 cm³/mol. The molecule has 1 aliphatic heterocycles. The smallest absolute Gasteiger partial charge is 0.270 e. The van der Waals surface area contributed by atoms with Gasteiger partial charge < -0.3 is 9.47 Å². The first-order valence-corrected chi connectivity index (χ1v) is 9.27. The van der Waals surface area contributed by atoms with Crippen LogP contribution in [0.15, 0.2) is 54.7 Å². The van der Waals surface area contributed by atoms with E-state index in [2.05, 4.69) is 10.3 Å². The Kier molecular flexibility index (Phi) is 4.90. The molecule has 9 heteroatoms. The summed E-state index contributed by atoms with van der Waals surface area (Å²) < 4.78 is 11.2. The second kappa shape index (κ2) is 7.65. The fourth-order valence-corrected chi connectivity index (χ4v) is 3.61. The van der Waals surface area contributed by atoms with Crippen molar-refractivity contribution in [3.05, 3.63) is 75.3 Å². The Hall–Kier alpha value is -3.46. The van der Waals surface area contributed by atoms with Crippen molar-refractivity contribution >= 4 is 28.1 Å². The Bertz CT molecular complexity index is 1040. The monoisotopic (exact) mass is 397 g/mol. The highest BCUT2D eigenvalue weighted by Crippen LogP contribution is 2.31. The third kappa shape index (κ3) is 3.94. The number of para-hydroxylation sites is 2. The lowest BCUT2D eigenvalue weighted by Gasteiger charge is -2.25. The van der Waals surface area contributed by atoms with Crippen LogP contribution in [0.1, 0.15) is 10.4 Å². The number of aromatic nitrogens is 1. The molecule has 1 N–H and O–H groups in total. The highest BCUT2D eigenvalue weighted by molar-refractivity contribution is 7.15. The summed E-state index contributed by atoms with van der Waals surface area (Å²) in [7, 11) is 0. The van der Waals surface area contributed by atoms with Crippen LogP contribution >= 0.6 is 11.3 Å². The highest BCUT2D eigenvalue weighted by atomic mass is 32.1. The van der Waals surface area contributed by atoms with Crippen LogP contribution in [0.25, 0.3) is 0 Å². The van der Waals surface area contributed by atoms with Crippen LogP contribution in [-0.4, -0.2) is 28.5 Å². The van der Waals surface area contributed by atoms with Crippen molar-refractivity contribution in [2.24, 2.45) is 0 Å². The second-order valence-electron chi connectivity index (χ2n) is 6.09. The molecule has 0 bridgehead atoms. The number of benzene rings is 2. The number of ether oxygens (including phenoxy) is 2. The Morgan fingerprint density at radius 1 is 1.25 bits per heavy atom. The van der Waals surface area contributed by atoms with E-state index in [0.29, 0.717) is 23.1 Å². The van der Waals surface area contributed by atoms with Gasteiger partial charge in [-0.1, -0.05) is 24.3 Å². The molecule has 0 fully saturated rings. The minimum atomic E-state index is -0.765. The number of nitrogens with zero attached hydrogens (tertiary/aromatic N) is 2. The summed E-state index contributed by atoms with van der Waals surface area (Å²) in [6.45, 7) is 0.120. The van der Waals surface area contributed by atoms with Gasteiger partial charge in [-0.05, 0) is 17.7 Å². The van der Waals surface area contributed by atoms with Gasteiger partial charge in [-0.15, -0.1) is 11.3 Å². The Labute approximate surface area is 163 Å². The lowest BCUT2D eigenvalue weighted by molar-refractivity contribution is -0.384. The molecule has 1 atom stereocenters. The summed E-state index contributed by atoms with van der Waals surface area (Å²) in [5, 5.41) is 14.1. The normalized spacial score (nSPS) is 15.1. The highest BCUT2D eigenvalue weighted by Gasteiger charge is 2.27. The first kappa shape index (κ1) is 17.9. The fraction of sp³-hybridized carbons (Fsp3) is 0.158. The van der Waals surface area contributed by atoms with Crippen LogP contribution < -0.4 is 14.8 Å². The summed E-state index contributed by atoms with van der Waals surface area (Å²) in [6.07, 6.45) is 1.37. The van der Waals surface area contributed by atoms with Gasteiger partial charge in [0.15, 0.2) is 16.6 Å². The molecule has 0 saturated heterocycles. The number of hydrogen-bond donors (Lipinski definition) is 1. The zero-order valence-electron chi connectivity index (χ0n) is 14.5. The lowest BCUT2D eigenvalue weighted by Crippen LogP contribution is -2.40. The third-order valence-corrected chi connectivity index (χ3v) is 5.00. The number of fused-ring (bicyclic) bond motifs is 1. The molecule has 8 nitrogen and oxygen atoms in total. The van der Waals surface area contributed by atoms with Crippen molar-refractivity contribution in [1.82, 2.24) is 4.98 Å². The number of carbonyl (C=O) groups is 1. The summed E-state index contributed by atoms with van der Waals surface area (Å²) in [6, 6.07) is 13.6. The first-order chi connectivity index (χ1) is 13.6. The molecule has 0 spiro atoms. The molecule has 3 aromatic rings. The zero-order chi connectivity index (χ0) is 19.5. The average molecular weight is 397 g/mol. The molecule has 0 aliphatic carbocycles. The van der Waals surface area contributed by atoms with Gasteiger partial charge in [0.1, 0.15) is 6.61 Å². The maximum absolute atomic E-state index is 12.4. The van der Waals surface area contributed by atoms with E-state index < -0.39 is 11.0 Å². The van der Waals surface area contributed by atoms with Crippen LogP contribution in [-0.2, 0) is 11.2 Å². The molecule has 2 aromatic carbocycles. The van der Waals surface area contributed by atoms with Gasteiger partial charge in [0.05, 0.1) is 4.92 Å². The number of amides is 1. The van der Waals surface area contributed by atoms with Gasteiger partial charge in [-0.3, -0.25) is 20.2 Å². The van der Waals surface area contributed by atoms with E-state index in [0.717, 1.165) is 10.4 Å². The molecule has 2 heterocycles. The summed E-state index contributed by atoms with van der Waals surface area (Å²) in [5.41, 5.74) is 0.849. The molecule has 0 radical (unpaired) electrons. The van der Waals surface area contributed by atoms with Crippen molar-refractivity contribution in [2.45, 2.75) is 12.5 Å². The van der Waals surface area contributed by atoms with E-state index in [1.165, 1.54) is 23.5 Å². The molecule has 4 rings (SSSR count). The molecular formula is C19H15N3O5S. The maximum atomic E-state index is 12.4. The predicted octanol–water partition coefficient (Wildman–Crippen LogP) is 3.42. The summed E-state index contributed by atoms with van der Waals surface area (Å²) >= 11 is 1.31. The molecule has 0 saturated carbocycles. The van der Waals surface area contributed by atoms with Crippen LogP contribution in [0.4, 0.5) is 10.8 Å².